The Morgan fingerprint density at radius 3 is 2.67 bits per heavy atom. The number of esters is 1. The minimum Gasteiger partial charge on any atom is -0.460 e. The van der Waals surface area contributed by atoms with E-state index in [1.165, 1.54) is 12.1 Å². The molecule has 0 aliphatic carbocycles. The molecule has 1 N–H and O–H groups in total. The number of rotatable bonds is 3. The van der Waals surface area contributed by atoms with Crippen molar-refractivity contribution in [2.24, 2.45) is 5.10 Å². The van der Waals surface area contributed by atoms with Crippen LogP contribution in [0.15, 0.2) is 29.4 Å². The summed E-state index contributed by atoms with van der Waals surface area (Å²) in [6.45, 7) is 4.23. The summed E-state index contributed by atoms with van der Waals surface area (Å²) < 4.78 is 23.1. The largest absolute Gasteiger partial charge is 0.460 e. The van der Waals surface area contributed by atoms with Crippen LogP contribution in [0.25, 0.3) is 0 Å². The molecule has 7 heteroatoms. The lowest BCUT2D eigenvalue weighted by Crippen LogP contribution is -2.45. The molecule has 1 aliphatic heterocycles. The number of carbonyl (C=O) groups excluding carboxylic acids is 1. The van der Waals surface area contributed by atoms with Gasteiger partial charge < -0.3 is 14.4 Å². The van der Waals surface area contributed by atoms with Crippen molar-refractivity contribution < 1.29 is 18.7 Å². The maximum absolute atomic E-state index is 12.8. The molecule has 6 nitrogen and oxygen atoms in total. The Morgan fingerprint density at radius 1 is 1.38 bits per heavy atom. The van der Waals surface area contributed by atoms with E-state index in [2.05, 4.69) is 10.5 Å². The van der Waals surface area contributed by atoms with Crippen LogP contribution >= 0.6 is 0 Å². The zero-order valence-corrected chi connectivity index (χ0v) is 11.8. The average Bonchev–Trinajstić information content (AvgIpc) is 2.51. The van der Waals surface area contributed by atoms with Gasteiger partial charge in [-0.15, -0.1) is 5.10 Å². The van der Waals surface area contributed by atoms with Gasteiger partial charge in [-0.2, -0.15) is 0 Å². The summed E-state index contributed by atoms with van der Waals surface area (Å²) >= 11 is 0. The van der Waals surface area contributed by atoms with E-state index in [9.17, 15) is 9.18 Å². The third kappa shape index (κ3) is 4.42. The first-order valence-electron chi connectivity index (χ1n) is 6.80. The van der Waals surface area contributed by atoms with Crippen molar-refractivity contribution in [3.05, 3.63) is 30.1 Å². The van der Waals surface area contributed by atoms with Crippen molar-refractivity contribution in [3.8, 4) is 0 Å². The maximum Gasteiger partial charge on any atom is 0.375 e. The van der Waals surface area contributed by atoms with E-state index in [1.807, 2.05) is 0 Å². The van der Waals surface area contributed by atoms with E-state index in [4.69, 9.17) is 9.47 Å². The number of halogens is 1. The number of hydrogen-bond donors (Lipinski definition) is 1. The van der Waals surface area contributed by atoms with Gasteiger partial charge in [-0.1, -0.05) is 0 Å². The van der Waals surface area contributed by atoms with Crippen molar-refractivity contribution in [1.29, 1.82) is 0 Å². The summed E-state index contributed by atoms with van der Waals surface area (Å²) in [6.07, 6.45) is 0. The first-order valence-corrected chi connectivity index (χ1v) is 6.80. The molecule has 0 unspecified atom stereocenters. The molecule has 0 bridgehead atoms. The molecule has 0 spiro atoms. The van der Waals surface area contributed by atoms with Crippen LogP contribution in [-0.4, -0.2) is 49.6 Å². The van der Waals surface area contributed by atoms with Gasteiger partial charge in [0.05, 0.1) is 25.5 Å². The topological polar surface area (TPSA) is 63.2 Å². The van der Waals surface area contributed by atoms with E-state index in [0.717, 1.165) is 0 Å². The molecule has 1 aliphatic rings. The zero-order chi connectivity index (χ0) is 15.1. The SMILES string of the molecule is CCOC(=O)/C(=N/Nc1ccc(F)cc1)N1CCOCC1. The number of nitrogens with zero attached hydrogens (tertiary/aromatic N) is 2. The summed E-state index contributed by atoms with van der Waals surface area (Å²) in [4.78, 5) is 13.8. The fraction of sp³-hybridized carbons (Fsp3) is 0.429. The van der Waals surface area contributed by atoms with Crippen LogP contribution < -0.4 is 5.43 Å². The lowest BCUT2D eigenvalue weighted by atomic mass is 10.3. The second-order valence-corrected chi connectivity index (χ2v) is 4.37. The monoisotopic (exact) mass is 295 g/mol. The molecular formula is C14H18FN3O3. The number of nitrogens with one attached hydrogen (secondary N) is 1. The van der Waals surface area contributed by atoms with E-state index in [-0.39, 0.29) is 18.3 Å². The van der Waals surface area contributed by atoms with Gasteiger partial charge in [0.2, 0.25) is 5.84 Å². The number of morpholine rings is 1. The smallest absolute Gasteiger partial charge is 0.375 e. The van der Waals surface area contributed by atoms with Gasteiger partial charge in [0.15, 0.2) is 0 Å². The number of benzene rings is 1. The third-order valence-corrected chi connectivity index (χ3v) is 2.90. The number of anilines is 1. The van der Waals surface area contributed by atoms with Crippen molar-refractivity contribution >= 4 is 17.5 Å². The van der Waals surface area contributed by atoms with Gasteiger partial charge in [-0.25, -0.2) is 9.18 Å². The molecule has 0 atom stereocenters. The fourth-order valence-electron chi connectivity index (χ4n) is 1.86. The highest BCUT2D eigenvalue weighted by atomic mass is 19.1. The quantitative estimate of drug-likeness (QED) is 0.396. The molecule has 0 radical (unpaired) electrons. The number of amidine groups is 1. The van der Waals surface area contributed by atoms with Crippen LogP contribution in [0.1, 0.15) is 6.92 Å². The highest BCUT2D eigenvalue weighted by molar-refractivity contribution is 6.35. The van der Waals surface area contributed by atoms with E-state index < -0.39 is 5.97 Å². The van der Waals surface area contributed by atoms with Gasteiger partial charge >= 0.3 is 5.97 Å². The van der Waals surface area contributed by atoms with Crippen molar-refractivity contribution in [2.45, 2.75) is 6.92 Å². The molecule has 2 rings (SSSR count). The average molecular weight is 295 g/mol. The number of ether oxygens (including phenoxy) is 2. The van der Waals surface area contributed by atoms with Crippen molar-refractivity contribution in [3.63, 3.8) is 0 Å². The van der Waals surface area contributed by atoms with Crippen LogP contribution in [0.5, 0.6) is 0 Å². The summed E-state index contributed by atoms with van der Waals surface area (Å²) in [5, 5.41) is 4.11. The summed E-state index contributed by atoms with van der Waals surface area (Å²) in [5.74, 6) is -0.623. The summed E-state index contributed by atoms with van der Waals surface area (Å²) in [5.41, 5.74) is 3.34. The lowest BCUT2D eigenvalue weighted by molar-refractivity contribution is -0.136. The van der Waals surface area contributed by atoms with Crippen LogP contribution in [0.3, 0.4) is 0 Å². The summed E-state index contributed by atoms with van der Waals surface area (Å²) in [7, 11) is 0. The van der Waals surface area contributed by atoms with Crippen LogP contribution in [0, 0.1) is 5.82 Å². The van der Waals surface area contributed by atoms with Crippen molar-refractivity contribution in [1.82, 2.24) is 4.90 Å². The Morgan fingerprint density at radius 2 is 2.05 bits per heavy atom. The molecule has 0 saturated carbocycles. The molecule has 1 heterocycles. The van der Waals surface area contributed by atoms with Gasteiger partial charge in [-0.3, -0.25) is 5.43 Å². The first-order chi connectivity index (χ1) is 10.2. The Balaban J connectivity index is 2.11. The van der Waals surface area contributed by atoms with Gasteiger partial charge in [0.1, 0.15) is 5.82 Å². The highest BCUT2D eigenvalue weighted by Gasteiger charge is 2.23. The molecule has 0 amide bonds. The molecule has 1 aromatic carbocycles. The maximum atomic E-state index is 12.8. The molecule has 114 valence electrons. The van der Waals surface area contributed by atoms with E-state index in [1.54, 1.807) is 24.0 Å². The molecule has 1 aromatic rings. The molecule has 1 fully saturated rings. The van der Waals surface area contributed by atoms with Gasteiger partial charge in [0.25, 0.3) is 0 Å². The first kappa shape index (κ1) is 15.2. The lowest BCUT2D eigenvalue weighted by Gasteiger charge is -2.28. The minimum absolute atomic E-state index is 0.199. The zero-order valence-electron chi connectivity index (χ0n) is 11.8. The standard InChI is InChI=1S/C14H18FN3O3/c1-2-21-14(19)13(18-7-9-20-10-8-18)17-16-12-5-3-11(15)4-6-12/h3-6,16H,2,7-10H2,1H3/b17-13-. The molecule has 0 aromatic heterocycles. The number of hydrogen-bond acceptors (Lipinski definition) is 5. The van der Waals surface area contributed by atoms with Crippen LogP contribution in [0.4, 0.5) is 10.1 Å². The Bertz CT molecular complexity index is 499. The van der Waals surface area contributed by atoms with E-state index in [0.29, 0.717) is 32.0 Å². The summed E-state index contributed by atoms with van der Waals surface area (Å²) in [6, 6.07) is 5.72. The fourth-order valence-corrected chi connectivity index (χ4v) is 1.86. The van der Waals surface area contributed by atoms with Gasteiger partial charge in [0, 0.05) is 13.1 Å². The Kier molecular flexibility index (Phi) is 5.51. The molecular weight excluding hydrogens is 277 g/mol. The predicted molar refractivity (Wildman–Crippen MR) is 76.5 cm³/mol. The predicted octanol–water partition coefficient (Wildman–Crippen LogP) is 1.45. The van der Waals surface area contributed by atoms with E-state index >= 15 is 0 Å². The van der Waals surface area contributed by atoms with Gasteiger partial charge in [-0.05, 0) is 31.2 Å². The Hall–Kier alpha value is -2.15. The molecule has 21 heavy (non-hydrogen) atoms. The van der Waals surface area contributed by atoms with Crippen LogP contribution in [0.2, 0.25) is 0 Å². The number of carbonyl (C=O) groups is 1. The Labute approximate surface area is 122 Å². The number of hydrazone groups is 1. The molecule has 1 saturated heterocycles. The van der Waals surface area contributed by atoms with Crippen molar-refractivity contribution in [2.75, 3.05) is 38.3 Å². The second-order valence-electron chi connectivity index (χ2n) is 4.37. The minimum atomic E-state index is -0.492. The second kappa shape index (κ2) is 7.58. The highest BCUT2D eigenvalue weighted by Crippen LogP contribution is 2.09. The normalized spacial score (nSPS) is 15.7. The third-order valence-electron chi connectivity index (χ3n) is 2.90. The van der Waals surface area contributed by atoms with Crippen LogP contribution in [-0.2, 0) is 14.3 Å².